The molecule has 17 heavy (non-hydrogen) atoms. The molecule has 1 N–H and O–H groups in total. The van der Waals surface area contributed by atoms with Crippen molar-refractivity contribution in [1.29, 1.82) is 0 Å². The quantitative estimate of drug-likeness (QED) is 0.392. The van der Waals surface area contributed by atoms with Crippen molar-refractivity contribution in [2.24, 2.45) is 0 Å². The van der Waals surface area contributed by atoms with Crippen LogP contribution in [0.25, 0.3) is 21.7 Å². The van der Waals surface area contributed by atoms with Gasteiger partial charge in [-0.05, 0) is 17.7 Å². The molecular formula is C14H11NO2. The zero-order chi connectivity index (χ0) is 11.8. The molecule has 0 amide bonds. The van der Waals surface area contributed by atoms with Crippen LogP contribution in [0, 0.1) is 5.21 Å². The van der Waals surface area contributed by atoms with E-state index in [0.717, 1.165) is 26.5 Å². The van der Waals surface area contributed by atoms with Crippen LogP contribution < -0.4 is 4.73 Å². The summed E-state index contributed by atoms with van der Waals surface area (Å²) in [4.78, 5) is 0. The Morgan fingerprint density at radius 2 is 1.88 bits per heavy atom. The van der Waals surface area contributed by atoms with E-state index in [2.05, 4.69) is 0 Å². The Morgan fingerprint density at radius 3 is 2.71 bits per heavy atom. The molecular weight excluding hydrogens is 214 g/mol. The van der Waals surface area contributed by atoms with Gasteiger partial charge in [-0.15, -0.1) is 0 Å². The molecule has 0 saturated heterocycles. The fourth-order valence-electron chi connectivity index (χ4n) is 2.14. The lowest BCUT2D eigenvalue weighted by Gasteiger charge is -2.06. The van der Waals surface area contributed by atoms with Gasteiger partial charge in [0.1, 0.15) is 0 Å². The van der Waals surface area contributed by atoms with Gasteiger partial charge >= 0.3 is 0 Å². The number of hydrogen-bond donors (Lipinski definition) is 1. The molecule has 0 radical (unpaired) electrons. The van der Waals surface area contributed by atoms with E-state index in [1.807, 2.05) is 30.3 Å². The van der Waals surface area contributed by atoms with E-state index < -0.39 is 0 Å². The molecule has 0 aliphatic rings. The molecule has 3 rings (SSSR count). The molecule has 1 aromatic heterocycles. The molecule has 84 valence electrons. The lowest BCUT2D eigenvalue weighted by atomic mass is 10.0. The van der Waals surface area contributed by atoms with E-state index in [0.29, 0.717) is 5.52 Å². The standard InChI is InChI=1S/C14H11NO2/c16-9-10-5-6-14-13(7-10)12-4-2-1-3-11(12)8-15(14)17/h1-8,16H,9H2. The number of nitrogens with zero attached hydrogens (tertiary/aromatic N) is 1. The fraction of sp³-hybridized carbons (Fsp3) is 0.0714. The Morgan fingerprint density at radius 1 is 1.06 bits per heavy atom. The molecule has 3 heteroatoms. The van der Waals surface area contributed by atoms with Crippen molar-refractivity contribution in [2.75, 3.05) is 0 Å². The average Bonchev–Trinajstić information content (AvgIpc) is 2.38. The van der Waals surface area contributed by atoms with Crippen molar-refractivity contribution in [1.82, 2.24) is 0 Å². The highest BCUT2D eigenvalue weighted by molar-refractivity contribution is 6.03. The predicted octanol–water partition coefficient (Wildman–Crippen LogP) is 2.12. The maximum atomic E-state index is 11.8. The van der Waals surface area contributed by atoms with Gasteiger partial charge in [-0.25, -0.2) is 0 Å². The molecule has 0 unspecified atom stereocenters. The van der Waals surface area contributed by atoms with Crippen LogP contribution in [-0.4, -0.2) is 5.11 Å². The van der Waals surface area contributed by atoms with E-state index in [4.69, 9.17) is 5.11 Å². The van der Waals surface area contributed by atoms with Gasteiger partial charge in [0, 0.05) is 16.8 Å². The van der Waals surface area contributed by atoms with Gasteiger partial charge in [0.05, 0.1) is 12.0 Å². The van der Waals surface area contributed by atoms with Gasteiger partial charge in [0.2, 0.25) is 5.52 Å². The van der Waals surface area contributed by atoms with Crippen LogP contribution in [0.15, 0.2) is 48.7 Å². The topological polar surface area (TPSA) is 47.2 Å². The Balaban J connectivity index is 2.52. The van der Waals surface area contributed by atoms with E-state index in [-0.39, 0.29) is 6.61 Å². The highest BCUT2D eigenvalue weighted by atomic mass is 16.5. The number of aromatic nitrogens is 1. The van der Waals surface area contributed by atoms with Crippen molar-refractivity contribution in [3.63, 3.8) is 0 Å². The number of aliphatic hydroxyl groups is 1. The highest BCUT2D eigenvalue weighted by Crippen LogP contribution is 2.23. The van der Waals surface area contributed by atoms with Gasteiger partial charge in [-0.1, -0.05) is 24.3 Å². The van der Waals surface area contributed by atoms with Gasteiger partial charge in [0.15, 0.2) is 6.20 Å². The number of benzene rings is 2. The summed E-state index contributed by atoms with van der Waals surface area (Å²) >= 11 is 0. The number of aliphatic hydroxyl groups excluding tert-OH is 1. The molecule has 0 spiro atoms. The van der Waals surface area contributed by atoms with Crippen molar-refractivity contribution < 1.29 is 9.84 Å². The number of rotatable bonds is 1. The number of pyridine rings is 1. The summed E-state index contributed by atoms with van der Waals surface area (Å²) in [6.07, 6.45) is 1.58. The minimum atomic E-state index is -0.0159. The number of fused-ring (bicyclic) bond motifs is 3. The summed E-state index contributed by atoms with van der Waals surface area (Å²) in [5.41, 5.74) is 1.44. The molecule has 0 saturated carbocycles. The predicted molar refractivity (Wildman–Crippen MR) is 66.3 cm³/mol. The fourth-order valence-corrected chi connectivity index (χ4v) is 2.14. The van der Waals surface area contributed by atoms with Crippen molar-refractivity contribution >= 4 is 21.7 Å². The first-order chi connectivity index (χ1) is 8.29. The largest absolute Gasteiger partial charge is 0.618 e. The lowest BCUT2D eigenvalue weighted by Crippen LogP contribution is -2.26. The van der Waals surface area contributed by atoms with Gasteiger partial charge in [-0.2, -0.15) is 4.73 Å². The SMILES string of the molecule is [O-][n+]1cc2ccccc2c2cc(CO)ccc21. The maximum absolute atomic E-state index is 11.8. The molecule has 0 aliphatic heterocycles. The second-order valence-corrected chi connectivity index (χ2v) is 4.05. The smallest absolute Gasteiger partial charge is 0.224 e. The molecule has 0 fully saturated rings. The summed E-state index contributed by atoms with van der Waals surface area (Å²) in [6.45, 7) is -0.0159. The number of hydrogen-bond acceptors (Lipinski definition) is 2. The van der Waals surface area contributed by atoms with E-state index >= 15 is 0 Å². The minimum absolute atomic E-state index is 0.0159. The summed E-state index contributed by atoms with van der Waals surface area (Å²) < 4.78 is 0.874. The first kappa shape index (κ1) is 10.1. The van der Waals surface area contributed by atoms with E-state index in [9.17, 15) is 5.21 Å². The monoisotopic (exact) mass is 225 g/mol. The van der Waals surface area contributed by atoms with Crippen LogP contribution >= 0.6 is 0 Å². The lowest BCUT2D eigenvalue weighted by molar-refractivity contribution is -0.575. The summed E-state index contributed by atoms with van der Waals surface area (Å²) in [5.74, 6) is 0. The second-order valence-electron chi connectivity index (χ2n) is 4.05. The third kappa shape index (κ3) is 1.52. The van der Waals surface area contributed by atoms with Gasteiger partial charge in [0.25, 0.3) is 0 Å². The Hall–Kier alpha value is -2.13. The summed E-state index contributed by atoms with van der Waals surface area (Å²) in [6, 6.07) is 13.1. The molecule has 0 bridgehead atoms. The Kier molecular flexibility index (Phi) is 2.20. The van der Waals surface area contributed by atoms with Crippen LogP contribution in [0.5, 0.6) is 0 Å². The normalized spacial score (nSPS) is 11.1. The van der Waals surface area contributed by atoms with E-state index in [1.54, 1.807) is 18.3 Å². The molecule has 3 aromatic rings. The Labute approximate surface area is 98.1 Å². The third-order valence-corrected chi connectivity index (χ3v) is 2.99. The molecule has 1 heterocycles. The first-order valence-electron chi connectivity index (χ1n) is 5.44. The Bertz CT molecular complexity index is 707. The van der Waals surface area contributed by atoms with Gasteiger partial charge < -0.3 is 10.3 Å². The van der Waals surface area contributed by atoms with Crippen molar-refractivity contribution in [3.05, 3.63) is 59.4 Å². The minimum Gasteiger partial charge on any atom is -0.618 e. The zero-order valence-corrected chi connectivity index (χ0v) is 9.13. The summed E-state index contributed by atoms with van der Waals surface area (Å²) in [7, 11) is 0. The summed E-state index contributed by atoms with van der Waals surface area (Å²) in [5, 5.41) is 23.8. The first-order valence-corrected chi connectivity index (χ1v) is 5.44. The van der Waals surface area contributed by atoms with Crippen LogP contribution in [0.4, 0.5) is 0 Å². The van der Waals surface area contributed by atoms with Crippen molar-refractivity contribution in [3.8, 4) is 0 Å². The van der Waals surface area contributed by atoms with Crippen molar-refractivity contribution in [2.45, 2.75) is 6.61 Å². The molecule has 0 atom stereocenters. The second kappa shape index (κ2) is 3.71. The maximum Gasteiger partial charge on any atom is 0.224 e. The molecule has 3 nitrogen and oxygen atoms in total. The average molecular weight is 225 g/mol. The van der Waals surface area contributed by atoms with E-state index in [1.165, 1.54) is 0 Å². The van der Waals surface area contributed by atoms with Crippen LogP contribution in [0.1, 0.15) is 5.56 Å². The van der Waals surface area contributed by atoms with Crippen LogP contribution in [-0.2, 0) is 6.61 Å². The molecule has 0 aliphatic carbocycles. The van der Waals surface area contributed by atoms with Crippen LogP contribution in [0.3, 0.4) is 0 Å². The van der Waals surface area contributed by atoms with Crippen LogP contribution in [0.2, 0.25) is 0 Å². The zero-order valence-electron chi connectivity index (χ0n) is 9.13. The highest BCUT2D eigenvalue weighted by Gasteiger charge is 2.09. The van der Waals surface area contributed by atoms with Gasteiger partial charge in [-0.3, -0.25) is 0 Å². The third-order valence-electron chi connectivity index (χ3n) is 2.99. The molecule has 2 aromatic carbocycles.